The number of aromatic nitrogens is 3. The summed E-state index contributed by atoms with van der Waals surface area (Å²) in [6.45, 7) is 0.500. The second kappa shape index (κ2) is 10.8. The van der Waals surface area contributed by atoms with Crippen LogP contribution < -0.4 is 10.5 Å². The first kappa shape index (κ1) is 24.6. The third-order valence-corrected chi connectivity index (χ3v) is 6.99. The normalized spacial score (nSPS) is 11.4. The predicted molar refractivity (Wildman–Crippen MR) is 133 cm³/mol. The molecular formula is C24H22FN5O3S2. The fourth-order valence-corrected chi connectivity index (χ4v) is 4.66. The van der Waals surface area contributed by atoms with Crippen LogP contribution in [0, 0.1) is 5.82 Å². The van der Waals surface area contributed by atoms with Gasteiger partial charge in [0, 0.05) is 12.2 Å². The number of hydrogen-bond donors (Lipinski definition) is 2. The van der Waals surface area contributed by atoms with E-state index in [1.54, 1.807) is 18.2 Å². The van der Waals surface area contributed by atoms with Gasteiger partial charge in [-0.25, -0.2) is 17.9 Å². The summed E-state index contributed by atoms with van der Waals surface area (Å²) >= 11 is 1.18. The van der Waals surface area contributed by atoms with Crippen molar-refractivity contribution in [1.82, 2.24) is 14.8 Å². The highest BCUT2D eigenvalue weighted by atomic mass is 32.2. The average molecular weight is 512 g/mol. The number of nitrogens with one attached hydrogen (secondary N) is 1. The lowest BCUT2D eigenvalue weighted by molar-refractivity contribution is -0.113. The van der Waals surface area contributed by atoms with Crippen LogP contribution in [-0.2, 0) is 27.8 Å². The Morgan fingerprint density at radius 2 is 1.66 bits per heavy atom. The Labute approximate surface area is 206 Å². The van der Waals surface area contributed by atoms with E-state index in [0.29, 0.717) is 35.2 Å². The molecule has 0 saturated heterocycles. The third-order valence-electron chi connectivity index (χ3n) is 5.10. The Kier molecular flexibility index (Phi) is 7.59. The number of sulfonamides is 1. The standard InChI is InChI=1S/C24H22FN5O3S2/c25-21-9-5-4-8-20(21)23-28-29-24(30(23)15-14-17-6-2-1-3-7-17)34-16-22(31)27-18-10-12-19(13-11-18)35(26,32)33/h1-13H,14-16H2,(H,27,31)(H2,26,32,33). The van der Waals surface area contributed by atoms with Crippen LogP contribution in [0.15, 0.2) is 88.9 Å². The summed E-state index contributed by atoms with van der Waals surface area (Å²) in [5.41, 5.74) is 1.87. The first-order valence-corrected chi connectivity index (χ1v) is 13.1. The van der Waals surface area contributed by atoms with Gasteiger partial charge in [0.2, 0.25) is 15.9 Å². The van der Waals surface area contributed by atoms with Gasteiger partial charge in [0.05, 0.1) is 16.2 Å². The molecule has 1 aromatic heterocycles. The van der Waals surface area contributed by atoms with Crippen molar-refractivity contribution in [3.63, 3.8) is 0 Å². The minimum Gasteiger partial charge on any atom is -0.325 e. The highest BCUT2D eigenvalue weighted by molar-refractivity contribution is 7.99. The summed E-state index contributed by atoms with van der Waals surface area (Å²) in [6, 6.07) is 21.8. The van der Waals surface area contributed by atoms with Gasteiger partial charge in [-0.2, -0.15) is 0 Å². The van der Waals surface area contributed by atoms with E-state index < -0.39 is 15.8 Å². The molecule has 3 N–H and O–H groups in total. The fourth-order valence-electron chi connectivity index (χ4n) is 3.38. The molecule has 0 aliphatic heterocycles. The monoisotopic (exact) mass is 511 g/mol. The number of nitrogens with zero attached hydrogens (tertiary/aromatic N) is 3. The van der Waals surface area contributed by atoms with Gasteiger partial charge in [0.1, 0.15) is 5.82 Å². The molecule has 8 nitrogen and oxygen atoms in total. The molecule has 0 atom stereocenters. The first-order valence-electron chi connectivity index (χ1n) is 10.6. The van der Waals surface area contributed by atoms with Crippen molar-refractivity contribution >= 4 is 33.4 Å². The van der Waals surface area contributed by atoms with Crippen molar-refractivity contribution in [2.75, 3.05) is 11.1 Å². The SMILES string of the molecule is NS(=O)(=O)c1ccc(NC(=O)CSc2nnc(-c3ccccc3F)n2CCc2ccccc2)cc1. The lowest BCUT2D eigenvalue weighted by atomic mass is 10.1. The quantitative estimate of drug-likeness (QED) is 0.331. The molecule has 35 heavy (non-hydrogen) atoms. The summed E-state index contributed by atoms with van der Waals surface area (Å²) in [5, 5.41) is 16.7. The summed E-state index contributed by atoms with van der Waals surface area (Å²) in [6.07, 6.45) is 0.677. The summed E-state index contributed by atoms with van der Waals surface area (Å²) < 4.78 is 39.0. The predicted octanol–water partition coefficient (Wildman–Crippen LogP) is 3.71. The molecule has 0 radical (unpaired) electrons. The van der Waals surface area contributed by atoms with Crippen LogP contribution in [-0.4, -0.2) is 34.8 Å². The van der Waals surface area contributed by atoms with Gasteiger partial charge in [0.15, 0.2) is 11.0 Å². The number of hydrogen-bond acceptors (Lipinski definition) is 6. The zero-order valence-corrected chi connectivity index (χ0v) is 20.1. The Balaban J connectivity index is 1.49. The number of primary sulfonamides is 1. The van der Waals surface area contributed by atoms with Crippen LogP contribution in [0.4, 0.5) is 10.1 Å². The van der Waals surface area contributed by atoms with Gasteiger partial charge in [-0.15, -0.1) is 10.2 Å². The van der Waals surface area contributed by atoms with Crippen LogP contribution in [0.5, 0.6) is 0 Å². The minimum absolute atomic E-state index is 0.0255. The molecule has 0 spiro atoms. The number of aryl methyl sites for hydroxylation is 1. The Bertz CT molecular complexity index is 1430. The number of halogens is 1. The van der Waals surface area contributed by atoms with E-state index >= 15 is 0 Å². The van der Waals surface area contributed by atoms with Gasteiger partial charge in [-0.05, 0) is 48.4 Å². The maximum Gasteiger partial charge on any atom is 0.238 e. The Morgan fingerprint density at radius 3 is 2.34 bits per heavy atom. The van der Waals surface area contributed by atoms with E-state index in [2.05, 4.69) is 15.5 Å². The number of carbonyl (C=O) groups excluding carboxylic acids is 1. The van der Waals surface area contributed by atoms with Crippen LogP contribution in [0.1, 0.15) is 5.56 Å². The van der Waals surface area contributed by atoms with Crippen molar-refractivity contribution in [3.05, 3.63) is 90.2 Å². The van der Waals surface area contributed by atoms with Gasteiger partial charge in [-0.1, -0.05) is 54.2 Å². The number of amides is 1. The van der Waals surface area contributed by atoms with E-state index in [-0.39, 0.29) is 16.6 Å². The molecule has 0 unspecified atom stereocenters. The van der Waals surface area contributed by atoms with Crippen LogP contribution in [0.2, 0.25) is 0 Å². The van der Waals surface area contributed by atoms with Crippen LogP contribution in [0.3, 0.4) is 0 Å². The highest BCUT2D eigenvalue weighted by Crippen LogP contribution is 2.26. The molecule has 0 bridgehead atoms. The molecule has 1 amide bonds. The molecule has 180 valence electrons. The van der Waals surface area contributed by atoms with Crippen molar-refractivity contribution < 1.29 is 17.6 Å². The van der Waals surface area contributed by atoms with E-state index in [4.69, 9.17) is 5.14 Å². The minimum atomic E-state index is -3.81. The molecular weight excluding hydrogens is 489 g/mol. The molecule has 0 aliphatic carbocycles. The van der Waals surface area contributed by atoms with Crippen molar-refractivity contribution in [1.29, 1.82) is 0 Å². The number of rotatable bonds is 9. The molecule has 4 aromatic rings. The van der Waals surface area contributed by atoms with E-state index in [1.165, 1.54) is 42.1 Å². The number of benzene rings is 3. The van der Waals surface area contributed by atoms with E-state index in [9.17, 15) is 17.6 Å². The molecule has 4 rings (SSSR count). The lowest BCUT2D eigenvalue weighted by Gasteiger charge is -2.11. The van der Waals surface area contributed by atoms with E-state index in [1.807, 2.05) is 34.9 Å². The van der Waals surface area contributed by atoms with Gasteiger partial charge in [0.25, 0.3) is 0 Å². The van der Waals surface area contributed by atoms with Crippen molar-refractivity contribution in [2.45, 2.75) is 23.0 Å². The summed E-state index contributed by atoms with van der Waals surface area (Å²) in [7, 11) is -3.81. The zero-order chi connectivity index (χ0) is 24.8. The molecule has 1 heterocycles. The topological polar surface area (TPSA) is 120 Å². The number of nitrogens with two attached hydrogens (primary N) is 1. The molecule has 0 aliphatic rings. The second-order valence-corrected chi connectivity index (χ2v) is 10.1. The maximum atomic E-state index is 14.5. The molecule has 3 aromatic carbocycles. The Hall–Kier alpha value is -3.54. The Morgan fingerprint density at radius 1 is 0.971 bits per heavy atom. The number of anilines is 1. The van der Waals surface area contributed by atoms with Gasteiger partial charge in [-0.3, -0.25) is 4.79 Å². The lowest BCUT2D eigenvalue weighted by Crippen LogP contribution is -2.16. The van der Waals surface area contributed by atoms with Crippen molar-refractivity contribution in [3.8, 4) is 11.4 Å². The van der Waals surface area contributed by atoms with Gasteiger partial charge >= 0.3 is 0 Å². The van der Waals surface area contributed by atoms with Crippen LogP contribution >= 0.6 is 11.8 Å². The highest BCUT2D eigenvalue weighted by Gasteiger charge is 2.18. The summed E-state index contributed by atoms with van der Waals surface area (Å²) in [5.74, 6) is -0.306. The number of carbonyl (C=O) groups is 1. The van der Waals surface area contributed by atoms with Crippen molar-refractivity contribution in [2.24, 2.45) is 5.14 Å². The zero-order valence-electron chi connectivity index (χ0n) is 18.5. The van der Waals surface area contributed by atoms with Gasteiger partial charge < -0.3 is 9.88 Å². The maximum absolute atomic E-state index is 14.5. The number of thioether (sulfide) groups is 1. The fraction of sp³-hybridized carbons (Fsp3) is 0.125. The summed E-state index contributed by atoms with van der Waals surface area (Å²) in [4.78, 5) is 12.5. The molecule has 11 heteroatoms. The third kappa shape index (κ3) is 6.32. The first-order chi connectivity index (χ1) is 16.8. The largest absolute Gasteiger partial charge is 0.325 e. The second-order valence-electron chi connectivity index (χ2n) is 7.58. The average Bonchev–Trinajstić information content (AvgIpc) is 3.24. The van der Waals surface area contributed by atoms with Crippen LogP contribution in [0.25, 0.3) is 11.4 Å². The van der Waals surface area contributed by atoms with E-state index in [0.717, 1.165) is 5.56 Å². The molecule has 0 saturated carbocycles. The smallest absolute Gasteiger partial charge is 0.238 e. The molecule has 0 fully saturated rings.